The first-order chi connectivity index (χ1) is 9.97. The van der Waals surface area contributed by atoms with E-state index in [1.807, 2.05) is 0 Å². The van der Waals surface area contributed by atoms with Gasteiger partial charge in [-0.2, -0.15) is 0 Å². The molecule has 114 valence electrons. The molecule has 0 aliphatic rings. The maximum Gasteiger partial charge on any atom is 0.129 e. The molecular formula is C18H27N3. The van der Waals surface area contributed by atoms with Gasteiger partial charge in [-0.05, 0) is 23.6 Å². The summed E-state index contributed by atoms with van der Waals surface area (Å²) in [6.07, 6.45) is 0. The standard InChI is InChI=1S/C18H27N3/c1-13(2)12-21(5)18-10-15(11-19-14(3)4)16-8-6-7-9-17(16)20-18/h6-10,13-14,19H,11-12H2,1-5H3. The molecule has 0 atom stereocenters. The van der Waals surface area contributed by atoms with Gasteiger partial charge >= 0.3 is 0 Å². The van der Waals surface area contributed by atoms with Crippen LogP contribution in [0.15, 0.2) is 30.3 Å². The van der Waals surface area contributed by atoms with Gasteiger partial charge in [0, 0.05) is 31.6 Å². The van der Waals surface area contributed by atoms with Gasteiger partial charge in [0.15, 0.2) is 0 Å². The molecule has 1 aromatic heterocycles. The average molecular weight is 285 g/mol. The minimum atomic E-state index is 0.480. The van der Waals surface area contributed by atoms with Crippen LogP contribution in [0.5, 0.6) is 0 Å². The first-order valence-electron chi connectivity index (χ1n) is 7.80. The van der Waals surface area contributed by atoms with E-state index in [9.17, 15) is 0 Å². The lowest BCUT2D eigenvalue weighted by atomic mass is 10.1. The second-order valence-corrected chi connectivity index (χ2v) is 6.47. The normalized spacial score (nSPS) is 11.6. The number of nitrogens with one attached hydrogen (secondary N) is 1. The van der Waals surface area contributed by atoms with Crippen LogP contribution in [0.4, 0.5) is 5.82 Å². The fraction of sp³-hybridized carbons (Fsp3) is 0.500. The van der Waals surface area contributed by atoms with E-state index in [1.54, 1.807) is 0 Å². The van der Waals surface area contributed by atoms with Gasteiger partial charge in [-0.1, -0.05) is 45.9 Å². The smallest absolute Gasteiger partial charge is 0.129 e. The third-order valence-corrected chi connectivity index (χ3v) is 3.52. The van der Waals surface area contributed by atoms with Crippen LogP contribution in [0.2, 0.25) is 0 Å². The summed E-state index contributed by atoms with van der Waals surface area (Å²) in [5, 5.41) is 4.76. The summed E-state index contributed by atoms with van der Waals surface area (Å²) >= 11 is 0. The van der Waals surface area contributed by atoms with Crippen LogP contribution >= 0.6 is 0 Å². The molecule has 0 radical (unpaired) electrons. The summed E-state index contributed by atoms with van der Waals surface area (Å²) < 4.78 is 0. The highest BCUT2D eigenvalue weighted by atomic mass is 15.2. The number of nitrogens with zero attached hydrogens (tertiary/aromatic N) is 2. The third kappa shape index (κ3) is 4.18. The number of rotatable bonds is 6. The van der Waals surface area contributed by atoms with E-state index < -0.39 is 0 Å². The molecule has 2 rings (SSSR count). The summed E-state index contributed by atoms with van der Waals surface area (Å²) in [7, 11) is 2.12. The van der Waals surface area contributed by atoms with Crippen LogP contribution in [-0.2, 0) is 6.54 Å². The SMILES string of the molecule is CC(C)CN(C)c1cc(CNC(C)C)c2ccccc2n1. The first kappa shape index (κ1) is 15.8. The zero-order chi connectivity index (χ0) is 15.4. The van der Waals surface area contributed by atoms with E-state index in [0.29, 0.717) is 12.0 Å². The Bertz CT molecular complexity index is 590. The minimum Gasteiger partial charge on any atom is -0.359 e. The molecule has 1 N–H and O–H groups in total. The van der Waals surface area contributed by atoms with Gasteiger partial charge in [0.2, 0.25) is 0 Å². The summed E-state index contributed by atoms with van der Waals surface area (Å²) in [5.41, 5.74) is 2.39. The molecule has 0 unspecified atom stereocenters. The van der Waals surface area contributed by atoms with Crippen LogP contribution in [0.25, 0.3) is 10.9 Å². The summed E-state index contributed by atoms with van der Waals surface area (Å²) in [6, 6.07) is 11.1. The van der Waals surface area contributed by atoms with Crippen LogP contribution in [0, 0.1) is 5.92 Å². The zero-order valence-corrected chi connectivity index (χ0v) is 13.9. The largest absolute Gasteiger partial charge is 0.359 e. The van der Waals surface area contributed by atoms with Crippen LogP contribution in [-0.4, -0.2) is 24.6 Å². The third-order valence-electron chi connectivity index (χ3n) is 3.52. The summed E-state index contributed by atoms with van der Waals surface area (Å²) in [5.74, 6) is 1.68. The molecule has 1 aromatic carbocycles. The van der Waals surface area contributed by atoms with E-state index in [0.717, 1.165) is 24.4 Å². The minimum absolute atomic E-state index is 0.480. The van der Waals surface area contributed by atoms with Crippen LogP contribution in [0.1, 0.15) is 33.3 Å². The fourth-order valence-corrected chi connectivity index (χ4v) is 2.53. The second-order valence-electron chi connectivity index (χ2n) is 6.47. The van der Waals surface area contributed by atoms with Crippen molar-refractivity contribution in [1.82, 2.24) is 10.3 Å². The molecule has 0 saturated carbocycles. The molecular weight excluding hydrogens is 258 g/mol. The van der Waals surface area contributed by atoms with Crippen molar-refractivity contribution in [2.24, 2.45) is 5.92 Å². The number of aromatic nitrogens is 1. The van der Waals surface area contributed by atoms with Crippen molar-refractivity contribution >= 4 is 16.7 Å². The van der Waals surface area contributed by atoms with Crippen molar-refractivity contribution in [2.45, 2.75) is 40.3 Å². The topological polar surface area (TPSA) is 28.2 Å². The van der Waals surface area contributed by atoms with Crippen molar-refractivity contribution in [3.8, 4) is 0 Å². The number of para-hydroxylation sites is 1. The molecule has 0 amide bonds. The van der Waals surface area contributed by atoms with Gasteiger partial charge < -0.3 is 10.2 Å². The molecule has 0 spiro atoms. The predicted octanol–water partition coefficient (Wildman–Crippen LogP) is 3.83. The average Bonchev–Trinajstić information content (AvgIpc) is 2.43. The molecule has 21 heavy (non-hydrogen) atoms. The predicted molar refractivity (Wildman–Crippen MR) is 91.8 cm³/mol. The molecule has 0 bridgehead atoms. The Morgan fingerprint density at radius 3 is 2.52 bits per heavy atom. The van der Waals surface area contributed by atoms with E-state index >= 15 is 0 Å². The Hall–Kier alpha value is -1.61. The molecule has 0 aliphatic heterocycles. The maximum absolute atomic E-state index is 4.81. The number of fused-ring (bicyclic) bond motifs is 1. The lowest BCUT2D eigenvalue weighted by Gasteiger charge is -2.22. The lowest BCUT2D eigenvalue weighted by molar-refractivity contribution is 0.590. The van der Waals surface area contributed by atoms with Crippen molar-refractivity contribution in [3.05, 3.63) is 35.9 Å². The van der Waals surface area contributed by atoms with Crippen molar-refractivity contribution < 1.29 is 0 Å². The molecule has 2 aromatic rings. The highest BCUT2D eigenvalue weighted by Gasteiger charge is 2.10. The Balaban J connectivity index is 2.39. The Labute approximate surface area is 128 Å². The first-order valence-corrected chi connectivity index (χ1v) is 7.80. The summed E-state index contributed by atoms with van der Waals surface area (Å²) in [4.78, 5) is 7.06. The molecule has 0 aliphatic carbocycles. The van der Waals surface area contributed by atoms with Gasteiger partial charge in [0.25, 0.3) is 0 Å². The van der Waals surface area contributed by atoms with Crippen molar-refractivity contribution in [3.63, 3.8) is 0 Å². The monoisotopic (exact) mass is 285 g/mol. The lowest BCUT2D eigenvalue weighted by Crippen LogP contribution is -2.25. The molecule has 3 heteroatoms. The van der Waals surface area contributed by atoms with Gasteiger partial charge in [-0.3, -0.25) is 0 Å². The van der Waals surface area contributed by atoms with E-state index in [1.165, 1.54) is 10.9 Å². The van der Waals surface area contributed by atoms with Crippen LogP contribution in [0.3, 0.4) is 0 Å². The van der Waals surface area contributed by atoms with Gasteiger partial charge in [0.1, 0.15) is 5.82 Å². The maximum atomic E-state index is 4.81. The van der Waals surface area contributed by atoms with Gasteiger partial charge in [0.05, 0.1) is 5.52 Å². The molecule has 3 nitrogen and oxygen atoms in total. The number of pyridine rings is 1. The number of hydrogen-bond donors (Lipinski definition) is 1. The van der Waals surface area contributed by atoms with E-state index in [2.05, 4.69) is 75.3 Å². The quantitative estimate of drug-likeness (QED) is 0.874. The number of hydrogen-bond acceptors (Lipinski definition) is 3. The second kappa shape index (κ2) is 6.90. The summed E-state index contributed by atoms with van der Waals surface area (Å²) in [6.45, 7) is 10.7. The Kier molecular flexibility index (Phi) is 5.18. The molecule has 0 fully saturated rings. The Morgan fingerprint density at radius 2 is 1.86 bits per heavy atom. The fourth-order valence-electron chi connectivity index (χ4n) is 2.53. The van der Waals surface area contributed by atoms with Crippen molar-refractivity contribution in [2.75, 3.05) is 18.5 Å². The highest BCUT2D eigenvalue weighted by Crippen LogP contribution is 2.23. The Morgan fingerprint density at radius 1 is 1.14 bits per heavy atom. The van der Waals surface area contributed by atoms with Gasteiger partial charge in [-0.15, -0.1) is 0 Å². The number of anilines is 1. The zero-order valence-electron chi connectivity index (χ0n) is 13.9. The molecule has 1 heterocycles. The van der Waals surface area contributed by atoms with E-state index in [-0.39, 0.29) is 0 Å². The molecule has 0 saturated heterocycles. The van der Waals surface area contributed by atoms with Gasteiger partial charge in [-0.25, -0.2) is 4.98 Å². The van der Waals surface area contributed by atoms with Crippen LogP contribution < -0.4 is 10.2 Å². The number of benzene rings is 1. The van der Waals surface area contributed by atoms with Crippen molar-refractivity contribution in [1.29, 1.82) is 0 Å². The highest BCUT2D eigenvalue weighted by molar-refractivity contribution is 5.84. The van der Waals surface area contributed by atoms with E-state index in [4.69, 9.17) is 4.98 Å².